The van der Waals surface area contributed by atoms with E-state index in [-0.39, 0.29) is 19.8 Å². The van der Waals surface area contributed by atoms with E-state index in [9.17, 15) is 0 Å². The normalized spacial score (nSPS) is 10.4. The average molecular weight is 240 g/mol. The summed E-state index contributed by atoms with van der Waals surface area (Å²) in [6, 6.07) is 0. The molecule has 0 bridgehead atoms. The van der Waals surface area contributed by atoms with Crippen molar-refractivity contribution in [3.63, 3.8) is 0 Å². The first-order valence-corrected chi connectivity index (χ1v) is 5.16. The Morgan fingerprint density at radius 1 is 1.19 bits per heavy atom. The predicted octanol–water partition coefficient (Wildman–Crippen LogP) is -0.408. The second-order valence-corrected chi connectivity index (χ2v) is 2.94. The van der Waals surface area contributed by atoms with Crippen LogP contribution in [0.2, 0.25) is 0 Å². The van der Waals surface area contributed by atoms with Gasteiger partial charge in [0.15, 0.2) is 0 Å². The van der Waals surface area contributed by atoms with Gasteiger partial charge in [-0.1, -0.05) is 19.8 Å². The van der Waals surface area contributed by atoms with Gasteiger partial charge in [0, 0.05) is 6.92 Å². The van der Waals surface area contributed by atoms with Crippen molar-refractivity contribution >= 4 is 5.97 Å². The summed E-state index contributed by atoms with van der Waals surface area (Å²) < 4.78 is 0. The molecule has 0 aliphatic heterocycles. The van der Waals surface area contributed by atoms with E-state index in [2.05, 4.69) is 6.92 Å². The zero-order chi connectivity index (χ0) is 13.4. The Labute approximate surface area is 96.2 Å². The van der Waals surface area contributed by atoms with Crippen LogP contribution < -0.4 is 0 Å². The van der Waals surface area contributed by atoms with Gasteiger partial charge in [0.05, 0.1) is 25.9 Å². The molecule has 16 heavy (non-hydrogen) atoms. The number of carbonyl (C=O) groups is 1. The Morgan fingerprint density at radius 3 is 1.75 bits per heavy atom. The molecule has 0 spiro atoms. The highest BCUT2D eigenvalue weighted by molar-refractivity contribution is 5.62. The number of carboxylic acids is 1. The van der Waals surface area contributed by atoms with E-state index in [0.29, 0.717) is 0 Å². The molecule has 1 atom stereocenters. The third-order valence-corrected chi connectivity index (χ3v) is 1.20. The van der Waals surface area contributed by atoms with Crippen molar-refractivity contribution in [3.8, 4) is 0 Å². The van der Waals surface area contributed by atoms with Crippen LogP contribution in [0.5, 0.6) is 0 Å². The van der Waals surface area contributed by atoms with Gasteiger partial charge in [-0.05, 0) is 6.42 Å². The zero-order valence-electron chi connectivity index (χ0n) is 9.96. The fourth-order valence-corrected chi connectivity index (χ4v) is 0.531. The van der Waals surface area contributed by atoms with Crippen molar-refractivity contribution in [1.29, 1.82) is 0 Å². The number of hydrogen-bond donors (Lipinski definition) is 5. The van der Waals surface area contributed by atoms with Crippen LogP contribution in [0, 0.1) is 0 Å². The summed E-state index contributed by atoms with van der Waals surface area (Å²) in [6.45, 7) is 2.80. The van der Waals surface area contributed by atoms with Crippen LogP contribution in [0.3, 0.4) is 0 Å². The maximum Gasteiger partial charge on any atom is 0.300 e. The summed E-state index contributed by atoms with van der Waals surface area (Å²) in [7, 11) is 0. The molecular formula is C10H24O6. The predicted molar refractivity (Wildman–Crippen MR) is 60.1 cm³/mol. The number of aliphatic hydroxyl groups is 4. The smallest absolute Gasteiger partial charge is 0.300 e. The number of carboxylic acid groups (broad SMARTS) is 1. The minimum atomic E-state index is -0.833. The molecule has 0 aromatic rings. The van der Waals surface area contributed by atoms with Gasteiger partial charge in [-0.25, -0.2) is 0 Å². The first kappa shape index (κ1) is 20.7. The zero-order valence-corrected chi connectivity index (χ0v) is 9.96. The first-order valence-electron chi connectivity index (χ1n) is 5.16. The minimum Gasteiger partial charge on any atom is -0.481 e. The lowest BCUT2D eigenvalue weighted by Gasteiger charge is -2.02. The topological polar surface area (TPSA) is 118 Å². The lowest BCUT2D eigenvalue weighted by atomic mass is 10.2. The van der Waals surface area contributed by atoms with Gasteiger partial charge in [-0.2, -0.15) is 0 Å². The van der Waals surface area contributed by atoms with Crippen molar-refractivity contribution < 1.29 is 30.3 Å². The fourth-order valence-electron chi connectivity index (χ4n) is 0.531. The van der Waals surface area contributed by atoms with Gasteiger partial charge >= 0.3 is 0 Å². The van der Waals surface area contributed by atoms with E-state index < -0.39 is 12.1 Å². The SMILES string of the molecule is CC(=O)O.CCCCC(O)CO.OCCO. The van der Waals surface area contributed by atoms with Crippen LogP contribution in [-0.2, 0) is 4.79 Å². The first-order chi connectivity index (χ1) is 7.45. The van der Waals surface area contributed by atoms with Crippen LogP contribution in [0.4, 0.5) is 0 Å². The highest BCUT2D eigenvalue weighted by Crippen LogP contribution is 1.97. The van der Waals surface area contributed by atoms with E-state index in [1.165, 1.54) is 0 Å². The highest BCUT2D eigenvalue weighted by atomic mass is 16.4. The largest absolute Gasteiger partial charge is 0.481 e. The molecule has 0 aliphatic rings. The Bertz CT molecular complexity index is 122. The highest BCUT2D eigenvalue weighted by Gasteiger charge is 1.97. The molecule has 0 saturated heterocycles. The van der Waals surface area contributed by atoms with Crippen LogP contribution in [-0.4, -0.2) is 57.4 Å². The van der Waals surface area contributed by atoms with Gasteiger partial charge in [-0.15, -0.1) is 0 Å². The summed E-state index contributed by atoms with van der Waals surface area (Å²) in [5.74, 6) is -0.833. The molecule has 0 heterocycles. The van der Waals surface area contributed by atoms with Crippen molar-refractivity contribution in [2.75, 3.05) is 19.8 Å². The Kier molecular flexibility index (Phi) is 25.6. The summed E-state index contributed by atoms with van der Waals surface area (Å²) >= 11 is 0. The molecule has 0 aliphatic carbocycles. The summed E-state index contributed by atoms with van der Waals surface area (Å²) in [4.78, 5) is 9.00. The summed E-state index contributed by atoms with van der Waals surface area (Å²) in [6.07, 6.45) is 2.32. The van der Waals surface area contributed by atoms with E-state index >= 15 is 0 Å². The number of hydrogen-bond acceptors (Lipinski definition) is 5. The van der Waals surface area contributed by atoms with Crippen LogP contribution in [0.15, 0.2) is 0 Å². The average Bonchev–Trinajstić information content (AvgIpc) is 2.25. The van der Waals surface area contributed by atoms with Gasteiger partial charge in [-0.3, -0.25) is 4.79 Å². The van der Waals surface area contributed by atoms with Crippen molar-refractivity contribution in [2.24, 2.45) is 0 Å². The molecule has 0 saturated carbocycles. The van der Waals surface area contributed by atoms with Gasteiger partial charge in [0.25, 0.3) is 5.97 Å². The van der Waals surface area contributed by atoms with Crippen LogP contribution >= 0.6 is 0 Å². The molecular weight excluding hydrogens is 216 g/mol. The van der Waals surface area contributed by atoms with Crippen molar-refractivity contribution in [1.82, 2.24) is 0 Å². The van der Waals surface area contributed by atoms with Crippen LogP contribution in [0.1, 0.15) is 33.1 Å². The number of unbranched alkanes of at least 4 members (excludes halogenated alkanes) is 1. The molecule has 0 amide bonds. The molecule has 6 nitrogen and oxygen atoms in total. The standard InChI is InChI=1S/C6H14O2.C2H4O2.C2H6O2/c1-2-3-4-6(8)5-7;1-2(3)4;3-1-2-4/h6-8H,2-5H2,1H3;1H3,(H,3,4);3-4H,1-2H2. The Morgan fingerprint density at radius 2 is 1.56 bits per heavy atom. The van der Waals surface area contributed by atoms with E-state index in [4.69, 9.17) is 30.3 Å². The minimum absolute atomic E-state index is 0.0972. The molecule has 5 N–H and O–H groups in total. The molecule has 0 rings (SSSR count). The lowest BCUT2D eigenvalue weighted by Crippen LogP contribution is -2.10. The Balaban J connectivity index is -0.000000179. The molecule has 6 heteroatoms. The molecule has 0 fully saturated rings. The number of aliphatic hydroxyl groups excluding tert-OH is 4. The van der Waals surface area contributed by atoms with Crippen molar-refractivity contribution in [3.05, 3.63) is 0 Å². The molecule has 0 aromatic carbocycles. The fraction of sp³-hybridized carbons (Fsp3) is 0.900. The molecule has 0 radical (unpaired) electrons. The quantitative estimate of drug-likeness (QED) is 0.446. The lowest BCUT2D eigenvalue weighted by molar-refractivity contribution is -0.134. The second-order valence-electron chi connectivity index (χ2n) is 2.94. The Hall–Kier alpha value is -0.690. The van der Waals surface area contributed by atoms with E-state index in [1.54, 1.807) is 0 Å². The maximum absolute atomic E-state index is 9.00. The second kappa shape index (κ2) is 19.8. The van der Waals surface area contributed by atoms with Crippen LogP contribution in [0.25, 0.3) is 0 Å². The van der Waals surface area contributed by atoms with E-state index in [1.807, 2.05) is 0 Å². The van der Waals surface area contributed by atoms with Crippen molar-refractivity contribution in [2.45, 2.75) is 39.2 Å². The monoisotopic (exact) mass is 240 g/mol. The third-order valence-electron chi connectivity index (χ3n) is 1.20. The third kappa shape index (κ3) is 50.7. The van der Waals surface area contributed by atoms with E-state index in [0.717, 1.165) is 26.2 Å². The maximum atomic E-state index is 9.00. The van der Waals surface area contributed by atoms with Gasteiger partial charge < -0.3 is 25.5 Å². The van der Waals surface area contributed by atoms with Gasteiger partial charge in [0.2, 0.25) is 0 Å². The molecule has 100 valence electrons. The summed E-state index contributed by atoms with van der Waals surface area (Å²) in [5.41, 5.74) is 0. The number of rotatable bonds is 5. The summed E-state index contributed by atoms with van der Waals surface area (Å²) in [5, 5.41) is 39.7. The molecule has 0 aromatic heterocycles. The molecule has 1 unspecified atom stereocenters. The van der Waals surface area contributed by atoms with Gasteiger partial charge in [0.1, 0.15) is 0 Å². The number of aliphatic carboxylic acids is 1.